The summed E-state index contributed by atoms with van der Waals surface area (Å²) in [6, 6.07) is 0.638. The number of likely N-dealkylation sites (tertiary alicyclic amines) is 1. The Morgan fingerprint density at radius 1 is 1.42 bits per heavy atom. The number of morpholine rings is 1. The van der Waals surface area contributed by atoms with Gasteiger partial charge in [0, 0.05) is 57.1 Å². The van der Waals surface area contributed by atoms with Crippen LogP contribution in [0.4, 0.5) is 0 Å². The van der Waals surface area contributed by atoms with E-state index in [1.807, 2.05) is 0 Å². The van der Waals surface area contributed by atoms with E-state index in [0.29, 0.717) is 6.04 Å². The van der Waals surface area contributed by atoms with Gasteiger partial charge in [0.2, 0.25) is 0 Å². The van der Waals surface area contributed by atoms with Crippen molar-refractivity contribution < 1.29 is 4.74 Å². The van der Waals surface area contributed by atoms with E-state index >= 15 is 0 Å². The van der Waals surface area contributed by atoms with Gasteiger partial charge in [0.1, 0.15) is 0 Å². The molecule has 0 aliphatic carbocycles. The molecule has 2 aliphatic heterocycles. The number of hydrogen-bond donors (Lipinski definition) is 1. The summed E-state index contributed by atoms with van der Waals surface area (Å²) in [7, 11) is 0. The summed E-state index contributed by atoms with van der Waals surface area (Å²) < 4.78 is 5.47. The Labute approximate surface area is 148 Å². The van der Waals surface area contributed by atoms with E-state index in [2.05, 4.69) is 39.3 Å². The van der Waals surface area contributed by atoms with Crippen LogP contribution in [0.25, 0.3) is 0 Å². The lowest BCUT2D eigenvalue weighted by Crippen LogP contribution is -2.46. The molecule has 0 aromatic carbocycles. The second-order valence-electron chi connectivity index (χ2n) is 6.38. The predicted molar refractivity (Wildman–Crippen MR) is 98.9 cm³/mol. The summed E-state index contributed by atoms with van der Waals surface area (Å²) in [5.41, 5.74) is 1.16. The van der Waals surface area contributed by atoms with E-state index < -0.39 is 0 Å². The van der Waals surface area contributed by atoms with E-state index in [1.165, 1.54) is 6.42 Å². The molecule has 0 amide bonds. The number of nitrogens with one attached hydrogen (secondary N) is 1. The summed E-state index contributed by atoms with van der Waals surface area (Å²) in [5.74, 6) is 1.06. The first-order valence-corrected chi connectivity index (χ1v) is 9.90. The highest BCUT2D eigenvalue weighted by Gasteiger charge is 2.30. The number of thiazole rings is 1. The van der Waals surface area contributed by atoms with E-state index in [1.54, 1.807) is 11.3 Å². The van der Waals surface area contributed by atoms with E-state index in [0.717, 1.165) is 75.6 Å². The largest absolute Gasteiger partial charge is 0.379 e. The van der Waals surface area contributed by atoms with Crippen molar-refractivity contribution in [1.82, 2.24) is 20.1 Å². The van der Waals surface area contributed by atoms with Crippen LogP contribution in [0.3, 0.4) is 0 Å². The maximum Gasteiger partial charge on any atom is 0.193 e. The third kappa shape index (κ3) is 4.68. The Hall–Kier alpha value is -1.18. The number of hydrogen-bond acceptors (Lipinski definition) is 5. The molecule has 2 aliphatic rings. The van der Waals surface area contributed by atoms with Gasteiger partial charge >= 0.3 is 0 Å². The molecular weight excluding hydrogens is 322 g/mol. The van der Waals surface area contributed by atoms with Crippen molar-refractivity contribution in [3.05, 3.63) is 16.1 Å². The van der Waals surface area contributed by atoms with Crippen molar-refractivity contribution >= 4 is 17.3 Å². The highest BCUT2D eigenvalue weighted by Crippen LogP contribution is 2.17. The molecule has 6 nitrogen and oxygen atoms in total. The monoisotopic (exact) mass is 351 g/mol. The van der Waals surface area contributed by atoms with E-state index in [-0.39, 0.29) is 0 Å². The number of nitrogens with zero attached hydrogens (tertiary/aromatic N) is 4. The van der Waals surface area contributed by atoms with Crippen molar-refractivity contribution in [2.24, 2.45) is 4.99 Å². The molecule has 0 saturated carbocycles. The molecule has 3 rings (SSSR count). The van der Waals surface area contributed by atoms with Crippen LogP contribution < -0.4 is 5.32 Å². The Morgan fingerprint density at radius 2 is 2.25 bits per heavy atom. The zero-order valence-electron chi connectivity index (χ0n) is 14.8. The van der Waals surface area contributed by atoms with Crippen LogP contribution in [0, 0.1) is 6.92 Å². The lowest BCUT2D eigenvalue weighted by atomic mass is 10.2. The fourth-order valence-electron chi connectivity index (χ4n) is 3.40. The number of rotatable bonds is 5. The van der Waals surface area contributed by atoms with Crippen LogP contribution in [0.2, 0.25) is 0 Å². The van der Waals surface area contributed by atoms with Crippen molar-refractivity contribution in [2.45, 2.75) is 32.7 Å². The van der Waals surface area contributed by atoms with Gasteiger partial charge in [-0.2, -0.15) is 0 Å². The number of ether oxygens (including phenoxy) is 1. The van der Waals surface area contributed by atoms with E-state index in [4.69, 9.17) is 9.73 Å². The maximum absolute atomic E-state index is 5.47. The average Bonchev–Trinajstić information content (AvgIpc) is 3.24. The maximum atomic E-state index is 5.47. The Bertz CT molecular complexity index is 541. The number of guanidine groups is 1. The fourth-order valence-corrected chi connectivity index (χ4v) is 4.05. The molecule has 24 heavy (non-hydrogen) atoms. The molecule has 1 unspecified atom stereocenters. The lowest BCUT2D eigenvalue weighted by Gasteiger charge is -2.32. The van der Waals surface area contributed by atoms with Crippen molar-refractivity contribution in [1.29, 1.82) is 0 Å². The van der Waals surface area contributed by atoms with Gasteiger partial charge in [-0.05, 0) is 20.3 Å². The van der Waals surface area contributed by atoms with Crippen LogP contribution in [0.15, 0.2) is 10.4 Å². The number of aryl methyl sites for hydroxylation is 1. The quantitative estimate of drug-likeness (QED) is 0.641. The molecule has 3 heterocycles. The smallest absolute Gasteiger partial charge is 0.193 e. The summed E-state index contributed by atoms with van der Waals surface area (Å²) in [4.78, 5) is 14.3. The van der Waals surface area contributed by atoms with Gasteiger partial charge in [-0.1, -0.05) is 0 Å². The average molecular weight is 352 g/mol. The molecule has 134 valence electrons. The molecule has 2 fully saturated rings. The zero-order valence-corrected chi connectivity index (χ0v) is 15.6. The van der Waals surface area contributed by atoms with Gasteiger partial charge in [-0.3, -0.25) is 9.89 Å². The first kappa shape index (κ1) is 17.6. The zero-order chi connectivity index (χ0) is 16.8. The lowest BCUT2D eigenvalue weighted by molar-refractivity contribution is 0.0195. The summed E-state index contributed by atoms with van der Waals surface area (Å²) >= 11 is 1.71. The molecule has 0 radical (unpaired) electrons. The Balaban J connectivity index is 1.53. The van der Waals surface area contributed by atoms with Gasteiger partial charge in [0.25, 0.3) is 0 Å². The summed E-state index contributed by atoms with van der Waals surface area (Å²) in [6.45, 7) is 11.9. The van der Waals surface area contributed by atoms with E-state index in [9.17, 15) is 0 Å². The topological polar surface area (TPSA) is 53.0 Å². The van der Waals surface area contributed by atoms with Gasteiger partial charge in [0.05, 0.1) is 23.9 Å². The SMILES string of the molecule is CCNC(=NCCc1csc(C)n1)N1CCC(N2CCOCC2)C1. The van der Waals surface area contributed by atoms with Crippen LogP contribution in [-0.4, -0.2) is 79.3 Å². The molecule has 0 bridgehead atoms. The Kier molecular flexibility index (Phi) is 6.45. The predicted octanol–water partition coefficient (Wildman–Crippen LogP) is 1.37. The molecule has 2 saturated heterocycles. The molecular formula is C17H29N5OS. The fraction of sp³-hybridized carbons (Fsp3) is 0.765. The molecule has 7 heteroatoms. The van der Waals surface area contributed by atoms with Crippen molar-refractivity contribution in [3.63, 3.8) is 0 Å². The Morgan fingerprint density at radius 3 is 2.96 bits per heavy atom. The van der Waals surface area contributed by atoms with Gasteiger partial charge in [-0.15, -0.1) is 11.3 Å². The first-order chi connectivity index (χ1) is 11.8. The van der Waals surface area contributed by atoms with Crippen LogP contribution in [-0.2, 0) is 11.2 Å². The van der Waals surface area contributed by atoms with Crippen LogP contribution in [0.1, 0.15) is 24.0 Å². The highest BCUT2D eigenvalue weighted by molar-refractivity contribution is 7.09. The van der Waals surface area contributed by atoms with Crippen molar-refractivity contribution in [3.8, 4) is 0 Å². The molecule has 1 aromatic heterocycles. The minimum Gasteiger partial charge on any atom is -0.379 e. The summed E-state index contributed by atoms with van der Waals surface area (Å²) in [5, 5.41) is 6.73. The molecule has 1 aromatic rings. The third-order valence-corrected chi connectivity index (χ3v) is 5.48. The normalized spacial score (nSPS) is 23.0. The minimum absolute atomic E-state index is 0.638. The van der Waals surface area contributed by atoms with Crippen LogP contribution >= 0.6 is 11.3 Å². The third-order valence-electron chi connectivity index (χ3n) is 4.66. The van der Waals surface area contributed by atoms with Gasteiger partial charge < -0.3 is 15.0 Å². The highest BCUT2D eigenvalue weighted by atomic mass is 32.1. The second-order valence-corrected chi connectivity index (χ2v) is 7.44. The molecule has 1 atom stereocenters. The molecule has 0 spiro atoms. The van der Waals surface area contributed by atoms with Gasteiger partial charge in [0.15, 0.2) is 5.96 Å². The van der Waals surface area contributed by atoms with Gasteiger partial charge in [-0.25, -0.2) is 4.98 Å². The first-order valence-electron chi connectivity index (χ1n) is 9.02. The van der Waals surface area contributed by atoms with Crippen molar-refractivity contribution in [2.75, 3.05) is 52.5 Å². The second kappa shape index (κ2) is 8.78. The standard InChI is InChI=1S/C17H29N5OS/c1-3-18-17(19-6-4-15-13-24-14(2)20-15)22-7-5-16(12-22)21-8-10-23-11-9-21/h13,16H,3-12H2,1-2H3,(H,18,19). The summed E-state index contributed by atoms with van der Waals surface area (Å²) in [6.07, 6.45) is 2.13. The number of aliphatic imine (C=N–C) groups is 1. The minimum atomic E-state index is 0.638. The molecule has 1 N–H and O–H groups in total. The van der Waals surface area contributed by atoms with Crippen LogP contribution in [0.5, 0.6) is 0 Å². The number of aromatic nitrogens is 1.